The third kappa shape index (κ3) is 3.90. The van der Waals surface area contributed by atoms with Crippen LogP contribution >= 0.6 is 0 Å². The van der Waals surface area contributed by atoms with Gasteiger partial charge >= 0.3 is 0 Å². The summed E-state index contributed by atoms with van der Waals surface area (Å²) in [6, 6.07) is 2.11. The molecule has 0 radical (unpaired) electrons. The Morgan fingerprint density at radius 1 is 1.32 bits per heavy atom. The molecule has 1 atom stereocenters. The van der Waals surface area contributed by atoms with Crippen LogP contribution in [0.25, 0.3) is 0 Å². The molecule has 1 aromatic heterocycles. The number of hydrogen-bond acceptors (Lipinski definition) is 4. The first-order valence-corrected chi connectivity index (χ1v) is 7.24. The van der Waals surface area contributed by atoms with Gasteiger partial charge in [0.05, 0.1) is 12.7 Å². The molecule has 0 N–H and O–H groups in total. The average molecular weight is 263 g/mol. The molecule has 106 valence electrons. The summed E-state index contributed by atoms with van der Waals surface area (Å²) in [4.78, 5) is 11.1. The standard InChI is InChI=1S/C15H25N3O/c1-11(2)7-13-9-18(5-6-19-13)15-8-14(12(3)4)16-10-17-15/h8,10-13H,5-7,9H2,1-4H3/t13-/m1/s1. The van der Waals surface area contributed by atoms with E-state index in [1.54, 1.807) is 6.33 Å². The second-order valence-electron chi connectivity index (χ2n) is 6.02. The summed E-state index contributed by atoms with van der Waals surface area (Å²) in [6.45, 7) is 11.4. The lowest BCUT2D eigenvalue weighted by molar-refractivity contribution is 0.0273. The van der Waals surface area contributed by atoms with Gasteiger partial charge in [0.2, 0.25) is 0 Å². The van der Waals surface area contributed by atoms with Gasteiger partial charge in [-0.05, 0) is 18.3 Å². The molecule has 2 heterocycles. The molecule has 0 aromatic carbocycles. The van der Waals surface area contributed by atoms with Crippen molar-refractivity contribution in [2.75, 3.05) is 24.6 Å². The van der Waals surface area contributed by atoms with Gasteiger partial charge in [-0.2, -0.15) is 0 Å². The molecular weight excluding hydrogens is 238 g/mol. The molecule has 0 bridgehead atoms. The van der Waals surface area contributed by atoms with E-state index in [4.69, 9.17) is 4.74 Å². The molecule has 1 aliphatic heterocycles. The van der Waals surface area contributed by atoms with Crippen molar-refractivity contribution in [2.24, 2.45) is 5.92 Å². The van der Waals surface area contributed by atoms with Gasteiger partial charge < -0.3 is 9.64 Å². The van der Waals surface area contributed by atoms with E-state index in [0.29, 0.717) is 17.9 Å². The first-order chi connectivity index (χ1) is 9.06. The van der Waals surface area contributed by atoms with Crippen molar-refractivity contribution in [3.63, 3.8) is 0 Å². The molecule has 1 saturated heterocycles. The van der Waals surface area contributed by atoms with E-state index in [-0.39, 0.29) is 0 Å². The molecule has 2 rings (SSSR count). The SMILES string of the molecule is CC(C)C[C@@H]1CN(c2cc(C(C)C)ncn2)CCO1. The minimum atomic E-state index is 0.325. The van der Waals surface area contributed by atoms with E-state index < -0.39 is 0 Å². The predicted molar refractivity (Wildman–Crippen MR) is 77.5 cm³/mol. The average Bonchev–Trinajstić information content (AvgIpc) is 2.38. The maximum atomic E-state index is 5.83. The van der Waals surface area contributed by atoms with Crippen molar-refractivity contribution in [3.8, 4) is 0 Å². The van der Waals surface area contributed by atoms with E-state index in [1.807, 2.05) is 0 Å². The molecule has 0 aliphatic carbocycles. The van der Waals surface area contributed by atoms with Gasteiger partial charge in [-0.25, -0.2) is 9.97 Å². The first kappa shape index (κ1) is 14.3. The van der Waals surface area contributed by atoms with Crippen LogP contribution in [-0.4, -0.2) is 35.8 Å². The number of morpholine rings is 1. The van der Waals surface area contributed by atoms with Crippen LogP contribution in [0.3, 0.4) is 0 Å². The molecule has 4 nitrogen and oxygen atoms in total. The highest BCUT2D eigenvalue weighted by atomic mass is 16.5. The Kier molecular flexibility index (Phi) is 4.75. The highest BCUT2D eigenvalue weighted by Crippen LogP contribution is 2.21. The molecule has 1 fully saturated rings. The Labute approximate surface area is 116 Å². The fourth-order valence-corrected chi connectivity index (χ4v) is 2.45. The van der Waals surface area contributed by atoms with E-state index in [0.717, 1.165) is 37.6 Å². The fraction of sp³-hybridized carbons (Fsp3) is 0.733. The largest absolute Gasteiger partial charge is 0.375 e. The van der Waals surface area contributed by atoms with Gasteiger partial charge in [0.25, 0.3) is 0 Å². The zero-order valence-corrected chi connectivity index (χ0v) is 12.5. The van der Waals surface area contributed by atoms with Crippen molar-refractivity contribution in [1.29, 1.82) is 0 Å². The van der Waals surface area contributed by atoms with Crippen molar-refractivity contribution >= 4 is 5.82 Å². The zero-order valence-electron chi connectivity index (χ0n) is 12.5. The van der Waals surface area contributed by atoms with Crippen molar-refractivity contribution in [1.82, 2.24) is 9.97 Å². The van der Waals surface area contributed by atoms with E-state index >= 15 is 0 Å². The fourth-order valence-electron chi connectivity index (χ4n) is 2.45. The normalized spacial score (nSPS) is 20.3. The van der Waals surface area contributed by atoms with Gasteiger partial charge in [-0.1, -0.05) is 27.7 Å². The summed E-state index contributed by atoms with van der Waals surface area (Å²) in [5.74, 6) is 2.14. The Bertz CT molecular complexity index is 406. The van der Waals surface area contributed by atoms with Crippen LogP contribution in [-0.2, 0) is 4.74 Å². The molecule has 19 heavy (non-hydrogen) atoms. The summed E-state index contributed by atoms with van der Waals surface area (Å²) in [5.41, 5.74) is 1.11. The Hall–Kier alpha value is -1.16. The Balaban J connectivity index is 2.06. The second-order valence-corrected chi connectivity index (χ2v) is 6.02. The third-order valence-corrected chi connectivity index (χ3v) is 3.46. The third-order valence-electron chi connectivity index (χ3n) is 3.46. The minimum Gasteiger partial charge on any atom is -0.375 e. The highest BCUT2D eigenvalue weighted by Gasteiger charge is 2.22. The lowest BCUT2D eigenvalue weighted by atomic mass is 10.0. The van der Waals surface area contributed by atoms with E-state index in [2.05, 4.69) is 48.6 Å². The molecule has 1 aromatic rings. The summed E-state index contributed by atoms with van der Waals surface area (Å²) in [5, 5.41) is 0. The van der Waals surface area contributed by atoms with Gasteiger partial charge in [0.1, 0.15) is 12.1 Å². The number of ether oxygens (including phenoxy) is 1. The number of anilines is 1. The minimum absolute atomic E-state index is 0.325. The summed E-state index contributed by atoms with van der Waals surface area (Å²) in [6.07, 6.45) is 3.11. The van der Waals surface area contributed by atoms with E-state index in [1.165, 1.54) is 0 Å². The monoisotopic (exact) mass is 263 g/mol. The molecule has 0 unspecified atom stereocenters. The Morgan fingerprint density at radius 3 is 2.79 bits per heavy atom. The van der Waals surface area contributed by atoms with Crippen molar-refractivity contribution in [2.45, 2.75) is 46.1 Å². The van der Waals surface area contributed by atoms with Crippen molar-refractivity contribution < 1.29 is 4.74 Å². The number of nitrogens with zero attached hydrogens (tertiary/aromatic N) is 3. The maximum absolute atomic E-state index is 5.83. The number of aromatic nitrogens is 2. The predicted octanol–water partition coefficient (Wildman–Crippen LogP) is 2.85. The van der Waals surface area contributed by atoms with Crippen LogP contribution in [0.5, 0.6) is 0 Å². The molecule has 0 saturated carbocycles. The molecule has 0 spiro atoms. The quantitative estimate of drug-likeness (QED) is 0.837. The maximum Gasteiger partial charge on any atom is 0.132 e. The molecule has 1 aliphatic rings. The van der Waals surface area contributed by atoms with Crippen molar-refractivity contribution in [3.05, 3.63) is 18.1 Å². The molecule has 4 heteroatoms. The smallest absolute Gasteiger partial charge is 0.132 e. The molecular formula is C15H25N3O. The lowest BCUT2D eigenvalue weighted by Crippen LogP contribution is -2.43. The Morgan fingerprint density at radius 2 is 2.11 bits per heavy atom. The van der Waals surface area contributed by atoms with Crippen LogP contribution in [0.2, 0.25) is 0 Å². The number of rotatable bonds is 4. The van der Waals surface area contributed by atoms with Gasteiger partial charge in [0.15, 0.2) is 0 Å². The summed E-state index contributed by atoms with van der Waals surface area (Å²) < 4.78 is 5.83. The van der Waals surface area contributed by atoms with Crippen LogP contribution in [0.15, 0.2) is 12.4 Å². The summed E-state index contributed by atoms with van der Waals surface area (Å²) >= 11 is 0. The second kappa shape index (κ2) is 6.33. The van der Waals surface area contributed by atoms with Gasteiger partial charge in [-0.15, -0.1) is 0 Å². The van der Waals surface area contributed by atoms with Gasteiger partial charge in [-0.3, -0.25) is 0 Å². The van der Waals surface area contributed by atoms with Crippen LogP contribution < -0.4 is 4.90 Å². The first-order valence-electron chi connectivity index (χ1n) is 7.24. The van der Waals surface area contributed by atoms with Crippen LogP contribution in [0.4, 0.5) is 5.82 Å². The zero-order chi connectivity index (χ0) is 13.8. The topological polar surface area (TPSA) is 38.2 Å². The number of hydrogen-bond donors (Lipinski definition) is 0. The van der Waals surface area contributed by atoms with Crippen LogP contribution in [0, 0.1) is 5.92 Å². The van der Waals surface area contributed by atoms with Crippen LogP contribution in [0.1, 0.15) is 45.7 Å². The lowest BCUT2D eigenvalue weighted by Gasteiger charge is -2.34. The molecule has 0 amide bonds. The highest BCUT2D eigenvalue weighted by molar-refractivity contribution is 5.40. The summed E-state index contributed by atoms with van der Waals surface area (Å²) in [7, 11) is 0. The van der Waals surface area contributed by atoms with E-state index in [9.17, 15) is 0 Å². The van der Waals surface area contributed by atoms with Gasteiger partial charge in [0, 0.05) is 24.8 Å².